The summed E-state index contributed by atoms with van der Waals surface area (Å²) in [4.78, 5) is 29.1. The van der Waals surface area contributed by atoms with E-state index < -0.39 is 11.4 Å². The maximum atomic E-state index is 11.5. The quantitative estimate of drug-likeness (QED) is 0.686. The third-order valence-electron chi connectivity index (χ3n) is 4.49. The lowest BCUT2D eigenvalue weighted by atomic mass is 10.00. The van der Waals surface area contributed by atoms with Crippen LogP contribution in [0.5, 0.6) is 0 Å². The third kappa shape index (κ3) is 3.22. The molecule has 28 heavy (non-hydrogen) atoms. The number of hydrogen-bond donors (Lipinski definition) is 2. The number of anilines is 1. The Morgan fingerprint density at radius 2 is 2.04 bits per heavy atom. The van der Waals surface area contributed by atoms with Crippen molar-refractivity contribution in [3.63, 3.8) is 0 Å². The van der Waals surface area contributed by atoms with Crippen LogP contribution in [0.15, 0.2) is 43.0 Å². The van der Waals surface area contributed by atoms with Crippen LogP contribution in [0, 0.1) is 0 Å². The predicted octanol–water partition coefficient (Wildman–Crippen LogP) is 2.62. The molecule has 1 aliphatic heterocycles. The highest BCUT2D eigenvalue weighted by Crippen LogP contribution is 2.29. The van der Waals surface area contributed by atoms with Crippen molar-refractivity contribution < 1.29 is 4.79 Å². The first-order valence-electron chi connectivity index (χ1n) is 8.65. The van der Waals surface area contributed by atoms with Crippen molar-refractivity contribution in [1.29, 1.82) is 0 Å². The van der Waals surface area contributed by atoms with Crippen molar-refractivity contribution in [3.05, 3.63) is 59.5 Å². The average molecular weight is 396 g/mol. The van der Waals surface area contributed by atoms with Crippen LogP contribution < -0.4 is 11.1 Å². The summed E-state index contributed by atoms with van der Waals surface area (Å²) in [5.41, 5.74) is 7.40. The first-order valence-corrected chi connectivity index (χ1v) is 9.03. The summed E-state index contributed by atoms with van der Waals surface area (Å²) in [6.45, 7) is 3.91. The van der Waals surface area contributed by atoms with E-state index >= 15 is 0 Å². The number of allylic oxidation sites excluding steroid dienone is 1. The lowest BCUT2D eigenvalue weighted by Gasteiger charge is -2.26. The standard InChI is InChI=1S/C19H18ClN7O/c1-19(2,16-12(20)4-3-7-22-16)26-18-23-8-11(9-24-18)13-10-27-14(17(21)28)5-6-15(27)25-13/h3-5,7-10H,6H2,1-2H3,(H2,21,28)(H,23,24,26). The second-order valence-electron chi connectivity index (χ2n) is 6.95. The molecule has 0 atom stereocenters. The van der Waals surface area contributed by atoms with Gasteiger partial charge in [-0.1, -0.05) is 11.6 Å². The number of amides is 1. The SMILES string of the molecule is CC(C)(Nc1ncc(-c2cn3c(n2)CC=C3C(N)=O)cn1)c1ncccc1Cl. The number of primary amides is 1. The molecular formula is C19H18ClN7O. The zero-order valence-electron chi connectivity index (χ0n) is 15.3. The van der Waals surface area contributed by atoms with E-state index in [-0.39, 0.29) is 0 Å². The van der Waals surface area contributed by atoms with Crippen LogP contribution in [0.3, 0.4) is 0 Å². The van der Waals surface area contributed by atoms with Gasteiger partial charge in [0.2, 0.25) is 5.95 Å². The Hall–Kier alpha value is -3.26. The predicted molar refractivity (Wildman–Crippen MR) is 106 cm³/mol. The van der Waals surface area contributed by atoms with Gasteiger partial charge in [-0.15, -0.1) is 0 Å². The molecule has 0 aliphatic carbocycles. The molecule has 1 amide bonds. The molecule has 0 radical (unpaired) electrons. The van der Waals surface area contributed by atoms with E-state index in [0.717, 1.165) is 11.4 Å². The zero-order chi connectivity index (χ0) is 19.9. The van der Waals surface area contributed by atoms with Gasteiger partial charge in [0.15, 0.2) is 0 Å². The van der Waals surface area contributed by atoms with Crippen LogP contribution in [0.1, 0.15) is 25.4 Å². The van der Waals surface area contributed by atoms with Crippen LogP contribution in [-0.2, 0) is 16.8 Å². The van der Waals surface area contributed by atoms with E-state index in [1.807, 2.05) is 13.8 Å². The van der Waals surface area contributed by atoms with Crippen LogP contribution in [0.2, 0.25) is 5.02 Å². The summed E-state index contributed by atoms with van der Waals surface area (Å²) >= 11 is 6.26. The molecule has 3 aromatic heterocycles. The van der Waals surface area contributed by atoms with E-state index in [9.17, 15) is 4.79 Å². The number of rotatable bonds is 5. The molecule has 0 spiro atoms. The molecule has 0 saturated carbocycles. The van der Waals surface area contributed by atoms with Crippen molar-refractivity contribution >= 4 is 29.2 Å². The van der Waals surface area contributed by atoms with Gasteiger partial charge >= 0.3 is 0 Å². The fourth-order valence-corrected chi connectivity index (χ4v) is 3.48. The summed E-state index contributed by atoms with van der Waals surface area (Å²) in [5, 5.41) is 3.82. The molecule has 142 valence electrons. The second-order valence-corrected chi connectivity index (χ2v) is 7.36. The minimum Gasteiger partial charge on any atom is -0.364 e. The van der Waals surface area contributed by atoms with Gasteiger partial charge in [-0.05, 0) is 32.1 Å². The van der Waals surface area contributed by atoms with Crippen LogP contribution in [-0.4, -0.2) is 30.4 Å². The van der Waals surface area contributed by atoms with Gasteiger partial charge in [-0.25, -0.2) is 15.0 Å². The number of halogens is 1. The number of fused-ring (bicyclic) bond motifs is 1. The molecule has 3 N–H and O–H groups in total. The minimum absolute atomic E-state index is 0.432. The Labute approximate surface area is 166 Å². The molecule has 0 fully saturated rings. The average Bonchev–Trinajstić information content (AvgIpc) is 3.22. The van der Waals surface area contributed by atoms with Crippen LogP contribution >= 0.6 is 11.6 Å². The molecule has 0 unspecified atom stereocenters. The highest BCUT2D eigenvalue weighted by molar-refractivity contribution is 6.31. The number of imidazole rings is 1. The largest absolute Gasteiger partial charge is 0.364 e. The van der Waals surface area contributed by atoms with Crippen molar-refractivity contribution in [1.82, 2.24) is 24.5 Å². The molecular weight excluding hydrogens is 378 g/mol. The van der Waals surface area contributed by atoms with Gasteiger partial charge in [-0.2, -0.15) is 0 Å². The summed E-state index contributed by atoms with van der Waals surface area (Å²) in [7, 11) is 0. The molecule has 4 rings (SSSR count). The van der Waals surface area contributed by atoms with Crippen LogP contribution in [0.4, 0.5) is 5.95 Å². The Balaban J connectivity index is 1.56. The van der Waals surface area contributed by atoms with Crippen molar-refractivity contribution in [2.24, 2.45) is 5.73 Å². The zero-order valence-corrected chi connectivity index (χ0v) is 16.1. The van der Waals surface area contributed by atoms with Gasteiger partial charge in [0.25, 0.3) is 5.91 Å². The molecule has 8 nitrogen and oxygen atoms in total. The number of hydrogen-bond acceptors (Lipinski definition) is 6. The lowest BCUT2D eigenvalue weighted by Crippen LogP contribution is -2.30. The number of aromatic nitrogens is 5. The van der Waals surface area contributed by atoms with E-state index in [1.165, 1.54) is 0 Å². The Kier molecular flexibility index (Phi) is 4.35. The highest BCUT2D eigenvalue weighted by atomic mass is 35.5. The van der Waals surface area contributed by atoms with E-state index in [0.29, 0.717) is 34.5 Å². The first-order chi connectivity index (χ1) is 13.3. The first kappa shape index (κ1) is 18.1. The topological polar surface area (TPSA) is 112 Å². The molecule has 0 saturated heterocycles. The normalized spacial score (nSPS) is 13.2. The van der Waals surface area contributed by atoms with E-state index in [4.69, 9.17) is 17.3 Å². The van der Waals surface area contributed by atoms with E-state index in [2.05, 4.69) is 25.3 Å². The number of nitrogens with one attached hydrogen (secondary N) is 1. The summed E-state index contributed by atoms with van der Waals surface area (Å²) in [6.07, 6.45) is 9.15. The number of pyridine rings is 1. The van der Waals surface area contributed by atoms with Gasteiger partial charge in [0, 0.05) is 36.8 Å². The Morgan fingerprint density at radius 3 is 2.71 bits per heavy atom. The summed E-state index contributed by atoms with van der Waals surface area (Å²) < 4.78 is 1.70. The maximum absolute atomic E-state index is 11.5. The van der Waals surface area contributed by atoms with Crippen molar-refractivity contribution in [2.45, 2.75) is 25.8 Å². The number of nitrogens with zero attached hydrogens (tertiary/aromatic N) is 5. The molecule has 9 heteroatoms. The van der Waals surface area contributed by atoms with Gasteiger partial charge in [0.1, 0.15) is 11.5 Å². The minimum atomic E-state index is -0.559. The molecule has 0 aromatic carbocycles. The maximum Gasteiger partial charge on any atom is 0.265 e. The molecule has 3 aromatic rings. The number of nitrogens with two attached hydrogens (primary N) is 1. The smallest absolute Gasteiger partial charge is 0.265 e. The molecule has 0 bridgehead atoms. The fraction of sp³-hybridized carbons (Fsp3) is 0.211. The van der Waals surface area contributed by atoms with Gasteiger partial charge < -0.3 is 11.1 Å². The highest BCUT2D eigenvalue weighted by Gasteiger charge is 2.26. The van der Waals surface area contributed by atoms with Gasteiger partial charge in [-0.3, -0.25) is 14.3 Å². The Bertz CT molecular complexity index is 1090. The summed E-state index contributed by atoms with van der Waals surface area (Å²) in [6, 6.07) is 3.58. The van der Waals surface area contributed by atoms with Crippen LogP contribution in [0.25, 0.3) is 17.0 Å². The van der Waals surface area contributed by atoms with Crippen molar-refractivity contribution in [3.8, 4) is 11.3 Å². The van der Waals surface area contributed by atoms with E-state index in [1.54, 1.807) is 47.6 Å². The molecule has 1 aliphatic rings. The number of carbonyl (C=O) groups excluding carboxylic acids is 1. The fourth-order valence-electron chi connectivity index (χ4n) is 3.13. The van der Waals surface area contributed by atoms with Gasteiger partial charge in [0.05, 0.1) is 21.9 Å². The van der Waals surface area contributed by atoms with Crippen molar-refractivity contribution in [2.75, 3.05) is 5.32 Å². The monoisotopic (exact) mass is 395 g/mol. The molecule has 4 heterocycles. The lowest BCUT2D eigenvalue weighted by molar-refractivity contribution is -0.113. The third-order valence-corrected chi connectivity index (χ3v) is 4.80. The summed E-state index contributed by atoms with van der Waals surface area (Å²) in [5.74, 6) is 0.728. The Morgan fingerprint density at radius 1 is 1.29 bits per heavy atom. The second kappa shape index (κ2) is 6.72. The number of carbonyl (C=O) groups is 1.